The van der Waals surface area contributed by atoms with Gasteiger partial charge < -0.3 is 4.57 Å². The summed E-state index contributed by atoms with van der Waals surface area (Å²) in [4.78, 5) is 2.40. The highest BCUT2D eigenvalue weighted by atomic mass is 32.1. The highest BCUT2D eigenvalue weighted by molar-refractivity contribution is 7.17. The molecule has 3 rings (SSSR count). The van der Waals surface area contributed by atoms with E-state index >= 15 is 0 Å². The highest BCUT2D eigenvalue weighted by Gasteiger charge is 2.23. The van der Waals surface area contributed by atoms with Gasteiger partial charge in [-0.3, -0.25) is 4.90 Å². The maximum atomic E-state index is 2.50. The van der Waals surface area contributed by atoms with Crippen LogP contribution in [0.15, 0.2) is 11.4 Å². The zero-order valence-corrected chi connectivity index (χ0v) is 11.0. The van der Waals surface area contributed by atoms with E-state index in [2.05, 4.69) is 41.8 Å². The fourth-order valence-electron chi connectivity index (χ4n) is 2.77. The monoisotopic (exact) mass is 234 g/mol. The molecule has 0 aliphatic carbocycles. The van der Waals surface area contributed by atoms with Gasteiger partial charge in [-0.15, -0.1) is 11.3 Å². The van der Waals surface area contributed by atoms with Crippen LogP contribution in [0.4, 0.5) is 0 Å². The van der Waals surface area contributed by atoms with Crippen molar-refractivity contribution in [2.75, 3.05) is 13.6 Å². The summed E-state index contributed by atoms with van der Waals surface area (Å²) in [5.74, 6) is 0.640. The van der Waals surface area contributed by atoms with Crippen LogP contribution in [0, 0.1) is 0 Å². The molecule has 0 spiro atoms. The molecule has 0 fully saturated rings. The van der Waals surface area contributed by atoms with Gasteiger partial charge in [-0.2, -0.15) is 0 Å². The Bertz CT molecular complexity index is 521. The summed E-state index contributed by atoms with van der Waals surface area (Å²) in [6.45, 7) is 6.87. The molecule has 0 bridgehead atoms. The van der Waals surface area contributed by atoms with Gasteiger partial charge in [0.1, 0.15) is 0 Å². The molecule has 86 valence electrons. The van der Waals surface area contributed by atoms with Gasteiger partial charge >= 0.3 is 0 Å². The topological polar surface area (TPSA) is 8.17 Å². The third-order valence-electron chi connectivity index (χ3n) is 3.51. The van der Waals surface area contributed by atoms with Crippen molar-refractivity contribution in [1.29, 1.82) is 0 Å². The van der Waals surface area contributed by atoms with Crippen LogP contribution in [0.3, 0.4) is 0 Å². The number of thiophene rings is 1. The van der Waals surface area contributed by atoms with Crippen molar-refractivity contribution in [3.05, 3.63) is 22.7 Å². The third-order valence-corrected chi connectivity index (χ3v) is 4.44. The van der Waals surface area contributed by atoms with Crippen LogP contribution in [0.25, 0.3) is 10.2 Å². The van der Waals surface area contributed by atoms with E-state index in [1.54, 1.807) is 11.3 Å². The van der Waals surface area contributed by atoms with E-state index in [0.29, 0.717) is 5.92 Å². The van der Waals surface area contributed by atoms with Crippen LogP contribution < -0.4 is 0 Å². The minimum atomic E-state index is 0.640. The number of nitrogens with zero attached hydrogens (tertiary/aromatic N) is 2. The second kappa shape index (κ2) is 3.60. The van der Waals surface area contributed by atoms with Crippen LogP contribution in [0.1, 0.15) is 31.0 Å². The minimum absolute atomic E-state index is 0.640. The lowest BCUT2D eigenvalue weighted by Crippen LogP contribution is -2.31. The van der Waals surface area contributed by atoms with Gasteiger partial charge in [0.2, 0.25) is 0 Å². The molecule has 0 saturated carbocycles. The maximum absolute atomic E-state index is 2.50. The Morgan fingerprint density at radius 3 is 2.94 bits per heavy atom. The van der Waals surface area contributed by atoms with Gasteiger partial charge in [0.25, 0.3) is 0 Å². The SMILES string of the molecule is CC(C)c1c2n(c3ccsc13)CN(C)CC2. The molecule has 0 saturated heterocycles. The Hall–Kier alpha value is -0.800. The summed E-state index contributed by atoms with van der Waals surface area (Å²) in [6.07, 6.45) is 1.20. The number of aromatic nitrogens is 1. The maximum Gasteiger partial charge on any atom is 0.0751 e. The summed E-state index contributed by atoms with van der Waals surface area (Å²) in [5, 5.41) is 2.22. The first-order valence-corrected chi connectivity index (χ1v) is 6.83. The zero-order chi connectivity index (χ0) is 11.3. The summed E-state index contributed by atoms with van der Waals surface area (Å²) in [6, 6.07) is 2.27. The lowest BCUT2D eigenvalue weighted by atomic mass is 10.0. The molecular weight excluding hydrogens is 216 g/mol. The van der Waals surface area contributed by atoms with E-state index in [0.717, 1.165) is 6.67 Å². The van der Waals surface area contributed by atoms with Crippen molar-refractivity contribution in [2.45, 2.75) is 32.9 Å². The molecule has 0 amide bonds. The molecule has 3 heterocycles. The number of hydrogen-bond acceptors (Lipinski definition) is 2. The lowest BCUT2D eigenvalue weighted by Gasteiger charge is -2.26. The number of fused-ring (bicyclic) bond motifs is 3. The van der Waals surface area contributed by atoms with Crippen LogP contribution in [-0.4, -0.2) is 23.1 Å². The van der Waals surface area contributed by atoms with Gasteiger partial charge in [0.15, 0.2) is 0 Å². The van der Waals surface area contributed by atoms with Crippen molar-refractivity contribution in [2.24, 2.45) is 0 Å². The molecule has 1 aliphatic heterocycles. The average molecular weight is 234 g/mol. The molecule has 2 aromatic rings. The summed E-state index contributed by atoms with van der Waals surface area (Å²) < 4.78 is 4.02. The van der Waals surface area contributed by atoms with E-state index in [4.69, 9.17) is 0 Å². The van der Waals surface area contributed by atoms with E-state index < -0.39 is 0 Å². The van der Waals surface area contributed by atoms with Gasteiger partial charge in [0, 0.05) is 18.7 Å². The second-order valence-corrected chi connectivity index (χ2v) is 5.97. The zero-order valence-electron chi connectivity index (χ0n) is 10.2. The Balaban J connectivity index is 2.28. The standard InChI is InChI=1S/C13H18N2S/c1-9(2)12-10-4-6-14(3)8-15(10)11-5-7-16-13(11)12/h5,7,9H,4,6,8H2,1-3H3. The quantitative estimate of drug-likeness (QED) is 0.735. The molecule has 0 unspecified atom stereocenters. The van der Waals surface area contributed by atoms with E-state index in [9.17, 15) is 0 Å². The summed E-state index contributed by atoms with van der Waals surface area (Å²) >= 11 is 1.90. The van der Waals surface area contributed by atoms with Gasteiger partial charge in [-0.1, -0.05) is 13.8 Å². The van der Waals surface area contributed by atoms with E-state index in [1.807, 2.05) is 11.3 Å². The van der Waals surface area contributed by atoms with Gasteiger partial charge in [-0.05, 0) is 30.0 Å². The first-order chi connectivity index (χ1) is 7.68. The predicted octanol–water partition coefficient (Wildman–Crippen LogP) is 3.27. The largest absolute Gasteiger partial charge is 0.330 e. The van der Waals surface area contributed by atoms with Crippen molar-refractivity contribution < 1.29 is 0 Å². The molecule has 0 atom stereocenters. The first-order valence-electron chi connectivity index (χ1n) is 5.95. The minimum Gasteiger partial charge on any atom is -0.330 e. The Morgan fingerprint density at radius 2 is 2.19 bits per heavy atom. The Morgan fingerprint density at radius 1 is 1.38 bits per heavy atom. The fraction of sp³-hybridized carbons (Fsp3) is 0.538. The molecule has 3 heteroatoms. The number of hydrogen-bond donors (Lipinski definition) is 0. The molecule has 16 heavy (non-hydrogen) atoms. The smallest absolute Gasteiger partial charge is 0.0751 e. The summed E-state index contributed by atoms with van der Waals surface area (Å²) in [7, 11) is 2.20. The molecule has 0 aromatic carbocycles. The van der Waals surface area contributed by atoms with Crippen LogP contribution >= 0.6 is 11.3 Å². The molecule has 1 aliphatic rings. The van der Waals surface area contributed by atoms with Gasteiger partial charge in [-0.25, -0.2) is 0 Å². The Labute approximate surface area is 100 Å². The molecular formula is C13H18N2S. The van der Waals surface area contributed by atoms with Crippen LogP contribution in [0.2, 0.25) is 0 Å². The molecule has 0 radical (unpaired) electrons. The lowest BCUT2D eigenvalue weighted by molar-refractivity contribution is 0.244. The van der Waals surface area contributed by atoms with E-state index in [-0.39, 0.29) is 0 Å². The van der Waals surface area contributed by atoms with Gasteiger partial charge in [0.05, 0.1) is 16.9 Å². The predicted molar refractivity (Wildman–Crippen MR) is 70.2 cm³/mol. The van der Waals surface area contributed by atoms with Crippen molar-refractivity contribution in [3.63, 3.8) is 0 Å². The molecule has 2 nitrogen and oxygen atoms in total. The van der Waals surface area contributed by atoms with Crippen LogP contribution in [0.5, 0.6) is 0 Å². The van der Waals surface area contributed by atoms with Crippen molar-refractivity contribution in [3.8, 4) is 0 Å². The normalized spacial score (nSPS) is 17.2. The van der Waals surface area contributed by atoms with E-state index in [1.165, 1.54) is 23.2 Å². The average Bonchev–Trinajstić information content (AvgIpc) is 2.76. The highest BCUT2D eigenvalue weighted by Crippen LogP contribution is 2.37. The first kappa shape index (κ1) is 10.4. The van der Waals surface area contributed by atoms with Crippen LogP contribution in [-0.2, 0) is 13.1 Å². The second-order valence-electron chi connectivity index (χ2n) is 5.05. The summed E-state index contributed by atoms with van der Waals surface area (Å²) in [5.41, 5.74) is 4.61. The third kappa shape index (κ3) is 1.35. The molecule has 0 N–H and O–H groups in total. The fourth-order valence-corrected chi connectivity index (χ4v) is 3.89. The number of rotatable bonds is 1. The Kier molecular flexibility index (Phi) is 2.33. The van der Waals surface area contributed by atoms with Crippen molar-refractivity contribution in [1.82, 2.24) is 9.47 Å². The number of likely N-dealkylation sites (N-methyl/N-ethyl adjacent to an activating group) is 1. The molecule has 2 aromatic heterocycles. The van der Waals surface area contributed by atoms with Crippen molar-refractivity contribution >= 4 is 21.6 Å².